The van der Waals surface area contributed by atoms with Crippen molar-refractivity contribution in [3.8, 4) is 0 Å². The molecule has 1 saturated carbocycles. The summed E-state index contributed by atoms with van der Waals surface area (Å²) in [6.45, 7) is 16.7. The lowest BCUT2D eigenvalue weighted by Gasteiger charge is -2.55. The molecule has 2 N–H and O–H groups in total. The zero-order valence-corrected chi connectivity index (χ0v) is 16.8. The molecule has 0 aromatic carbocycles. The van der Waals surface area contributed by atoms with Crippen LogP contribution in [0.4, 0.5) is 0 Å². The van der Waals surface area contributed by atoms with Gasteiger partial charge in [-0.15, -0.1) is 0 Å². The molecule has 3 atom stereocenters. The molecule has 0 radical (unpaired) electrons. The van der Waals surface area contributed by atoms with Crippen molar-refractivity contribution in [2.24, 2.45) is 22.2 Å². The average Bonchev–Trinajstić information content (AvgIpc) is 3.01. The first-order valence-electron chi connectivity index (χ1n) is 10.3. The van der Waals surface area contributed by atoms with Gasteiger partial charge in [0.15, 0.2) is 5.96 Å². The third kappa shape index (κ3) is 4.13. The summed E-state index contributed by atoms with van der Waals surface area (Å²) < 4.78 is 5.93. The Hall–Kier alpha value is -0.810. The van der Waals surface area contributed by atoms with Gasteiger partial charge in [-0.05, 0) is 32.1 Å². The van der Waals surface area contributed by atoms with Crippen LogP contribution in [-0.2, 0) is 4.74 Å². The molecule has 3 fully saturated rings. The zero-order chi connectivity index (χ0) is 18.0. The summed E-state index contributed by atoms with van der Waals surface area (Å²) in [5.41, 5.74) is 0.192. The van der Waals surface area contributed by atoms with E-state index in [0.29, 0.717) is 24.1 Å². The average molecular weight is 351 g/mol. The molecule has 0 bridgehead atoms. The molecule has 0 spiro atoms. The van der Waals surface area contributed by atoms with Gasteiger partial charge in [0.1, 0.15) is 0 Å². The van der Waals surface area contributed by atoms with Gasteiger partial charge in [0.2, 0.25) is 0 Å². The molecular formula is C20H38N4O. The summed E-state index contributed by atoms with van der Waals surface area (Å²) in [7, 11) is 0. The molecule has 0 aromatic heterocycles. The lowest BCUT2D eigenvalue weighted by molar-refractivity contribution is -0.106. The molecule has 144 valence electrons. The Labute approximate surface area is 154 Å². The predicted molar refractivity (Wildman–Crippen MR) is 104 cm³/mol. The highest BCUT2D eigenvalue weighted by molar-refractivity contribution is 5.80. The SMILES string of the molecule is CCN=C(NC1CCN(CC(C)C)CC1)NC1C2CCOC2C1(C)C. The van der Waals surface area contributed by atoms with Crippen molar-refractivity contribution >= 4 is 5.96 Å². The number of ether oxygens (including phenoxy) is 1. The van der Waals surface area contributed by atoms with Crippen LogP contribution in [0.5, 0.6) is 0 Å². The molecule has 0 aromatic rings. The third-order valence-corrected chi connectivity index (χ3v) is 6.26. The van der Waals surface area contributed by atoms with Crippen LogP contribution in [0, 0.1) is 17.3 Å². The minimum absolute atomic E-state index is 0.192. The van der Waals surface area contributed by atoms with E-state index < -0.39 is 0 Å². The number of likely N-dealkylation sites (tertiary alicyclic amines) is 1. The summed E-state index contributed by atoms with van der Waals surface area (Å²) >= 11 is 0. The van der Waals surface area contributed by atoms with E-state index in [1.807, 2.05) is 0 Å². The maximum Gasteiger partial charge on any atom is 0.191 e. The number of hydrogen-bond acceptors (Lipinski definition) is 3. The molecule has 3 unspecified atom stereocenters. The number of piperidine rings is 1. The van der Waals surface area contributed by atoms with Gasteiger partial charge in [-0.3, -0.25) is 4.99 Å². The molecule has 2 heterocycles. The molecule has 3 rings (SSSR count). The first-order chi connectivity index (χ1) is 11.9. The van der Waals surface area contributed by atoms with Gasteiger partial charge < -0.3 is 20.3 Å². The summed E-state index contributed by atoms with van der Waals surface area (Å²) in [4.78, 5) is 7.33. The fraction of sp³-hybridized carbons (Fsp3) is 0.950. The first kappa shape index (κ1) is 19.0. The first-order valence-corrected chi connectivity index (χ1v) is 10.3. The summed E-state index contributed by atoms with van der Waals surface area (Å²) in [6.07, 6.45) is 4.02. The van der Waals surface area contributed by atoms with E-state index in [0.717, 1.165) is 25.0 Å². The Balaban J connectivity index is 1.52. The summed E-state index contributed by atoms with van der Waals surface area (Å²) in [5.74, 6) is 2.41. The van der Waals surface area contributed by atoms with Crippen LogP contribution in [-0.4, -0.2) is 61.8 Å². The lowest BCUT2D eigenvalue weighted by Crippen LogP contribution is -2.68. The van der Waals surface area contributed by atoms with Crippen molar-refractivity contribution in [3.63, 3.8) is 0 Å². The molecule has 5 nitrogen and oxygen atoms in total. The van der Waals surface area contributed by atoms with Gasteiger partial charge in [0, 0.05) is 56.2 Å². The molecular weight excluding hydrogens is 312 g/mol. The molecule has 5 heteroatoms. The maximum atomic E-state index is 5.93. The molecule has 2 aliphatic heterocycles. The third-order valence-electron chi connectivity index (χ3n) is 6.26. The highest BCUT2D eigenvalue weighted by atomic mass is 16.5. The number of hydrogen-bond donors (Lipinski definition) is 2. The van der Waals surface area contributed by atoms with Crippen LogP contribution in [0.2, 0.25) is 0 Å². The molecule has 3 aliphatic rings. The predicted octanol–water partition coefficient (Wildman–Crippen LogP) is 2.48. The van der Waals surface area contributed by atoms with Crippen LogP contribution >= 0.6 is 0 Å². The van der Waals surface area contributed by atoms with Crippen molar-refractivity contribution in [2.75, 3.05) is 32.8 Å². The Morgan fingerprint density at radius 3 is 2.56 bits per heavy atom. The van der Waals surface area contributed by atoms with E-state index in [4.69, 9.17) is 9.73 Å². The van der Waals surface area contributed by atoms with Crippen LogP contribution in [0.25, 0.3) is 0 Å². The van der Waals surface area contributed by atoms with Crippen molar-refractivity contribution < 1.29 is 4.74 Å². The van der Waals surface area contributed by atoms with Gasteiger partial charge in [0.05, 0.1) is 6.10 Å². The highest BCUT2D eigenvalue weighted by Crippen LogP contribution is 2.52. The quantitative estimate of drug-likeness (QED) is 0.591. The summed E-state index contributed by atoms with van der Waals surface area (Å²) in [6, 6.07) is 1.01. The Kier molecular flexibility index (Phi) is 5.94. The minimum atomic E-state index is 0.192. The van der Waals surface area contributed by atoms with E-state index >= 15 is 0 Å². The minimum Gasteiger partial charge on any atom is -0.377 e. The van der Waals surface area contributed by atoms with Crippen LogP contribution in [0.1, 0.15) is 53.9 Å². The van der Waals surface area contributed by atoms with Crippen LogP contribution in [0.3, 0.4) is 0 Å². The topological polar surface area (TPSA) is 48.9 Å². The van der Waals surface area contributed by atoms with E-state index in [1.165, 1.54) is 38.9 Å². The van der Waals surface area contributed by atoms with E-state index in [2.05, 4.69) is 50.2 Å². The lowest BCUT2D eigenvalue weighted by atomic mass is 9.57. The van der Waals surface area contributed by atoms with Crippen LogP contribution in [0.15, 0.2) is 4.99 Å². The molecule has 0 amide bonds. The second-order valence-electron chi connectivity index (χ2n) is 9.12. The Bertz CT molecular complexity index is 468. The van der Waals surface area contributed by atoms with E-state index in [1.54, 1.807) is 0 Å². The van der Waals surface area contributed by atoms with Gasteiger partial charge in [-0.1, -0.05) is 27.7 Å². The normalized spacial score (nSPS) is 33.2. The van der Waals surface area contributed by atoms with Gasteiger partial charge >= 0.3 is 0 Å². The zero-order valence-electron chi connectivity index (χ0n) is 16.8. The monoisotopic (exact) mass is 350 g/mol. The number of nitrogens with one attached hydrogen (secondary N) is 2. The number of rotatable bonds is 5. The fourth-order valence-electron chi connectivity index (χ4n) is 5.03. The number of aliphatic imine (C=N–C) groups is 1. The molecule has 1 aliphatic carbocycles. The summed E-state index contributed by atoms with van der Waals surface area (Å²) in [5, 5.41) is 7.47. The molecule has 25 heavy (non-hydrogen) atoms. The van der Waals surface area contributed by atoms with Gasteiger partial charge in [-0.2, -0.15) is 0 Å². The standard InChI is InChI=1S/C20H38N4O/c1-6-21-19(22-15-7-10-24(11-8-15)13-14(2)3)23-17-16-9-12-25-18(16)20(17,4)5/h14-18H,6-13H2,1-5H3,(H2,21,22,23). The highest BCUT2D eigenvalue weighted by Gasteiger charge is 2.59. The smallest absolute Gasteiger partial charge is 0.191 e. The van der Waals surface area contributed by atoms with Gasteiger partial charge in [-0.25, -0.2) is 0 Å². The van der Waals surface area contributed by atoms with Crippen molar-refractivity contribution in [1.82, 2.24) is 15.5 Å². The van der Waals surface area contributed by atoms with Crippen molar-refractivity contribution in [1.29, 1.82) is 0 Å². The van der Waals surface area contributed by atoms with Crippen LogP contribution < -0.4 is 10.6 Å². The van der Waals surface area contributed by atoms with Crippen molar-refractivity contribution in [3.05, 3.63) is 0 Å². The number of nitrogens with zero attached hydrogens (tertiary/aromatic N) is 2. The molecule has 2 saturated heterocycles. The largest absolute Gasteiger partial charge is 0.377 e. The van der Waals surface area contributed by atoms with Crippen molar-refractivity contribution in [2.45, 2.75) is 72.1 Å². The number of fused-ring (bicyclic) bond motifs is 1. The second kappa shape index (κ2) is 7.83. The van der Waals surface area contributed by atoms with Gasteiger partial charge in [0.25, 0.3) is 0 Å². The van der Waals surface area contributed by atoms with E-state index in [-0.39, 0.29) is 5.41 Å². The maximum absolute atomic E-state index is 5.93. The number of guanidine groups is 1. The fourth-order valence-corrected chi connectivity index (χ4v) is 5.03. The Morgan fingerprint density at radius 2 is 1.92 bits per heavy atom. The second-order valence-corrected chi connectivity index (χ2v) is 9.12. The van der Waals surface area contributed by atoms with E-state index in [9.17, 15) is 0 Å². The Morgan fingerprint density at radius 1 is 1.20 bits per heavy atom.